The summed E-state index contributed by atoms with van der Waals surface area (Å²) in [5.74, 6) is 0. The molecule has 1 heterocycles. The highest BCUT2D eigenvalue weighted by Gasteiger charge is 2.32. The predicted octanol–water partition coefficient (Wildman–Crippen LogP) is 1.97. The molecular formula is C9H12ClNO2S. The lowest BCUT2D eigenvalue weighted by Gasteiger charge is -2.20. The van der Waals surface area contributed by atoms with Crippen LogP contribution in [-0.4, -0.2) is 18.1 Å². The van der Waals surface area contributed by atoms with E-state index in [4.69, 9.17) is 10.7 Å². The maximum atomic E-state index is 11.2. The Kier molecular flexibility index (Phi) is 3.17. The van der Waals surface area contributed by atoms with Crippen LogP contribution >= 0.6 is 10.7 Å². The van der Waals surface area contributed by atoms with Crippen LogP contribution in [0.4, 0.5) is 0 Å². The summed E-state index contributed by atoms with van der Waals surface area (Å²) in [6, 6.07) is 3.60. The van der Waals surface area contributed by atoms with Crippen LogP contribution in [0.5, 0.6) is 0 Å². The van der Waals surface area contributed by atoms with Gasteiger partial charge in [-0.05, 0) is 31.9 Å². The molecule has 0 fully saturated rings. The first-order valence-electron chi connectivity index (χ1n) is 4.16. The molecule has 14 heavy (non-hydrogen) atoms. The minimum atomic E-state index is -3.56. The van der Waals surface area contributed by atoms with Crippen molar-refractivity contribution in [2.24, 2.45) is 0 Å². The Hall–Kier alpha value is -0.610. The van der Waals surface area contributed by atoms with E-state index in [1.807, 2.05) is 6.07 Å². The summed E-state index contributed by atoms with van der Waals surface area (Å²) in [5.41, 5.74) is 0.863. The van der Waals surface area contributed by atoms with Crippen LogP contribution in [0.2, 0.25) is 0 Å². The van der Waals surface area contributed by atoms with Crippen molar-refractivity contribution in [3.8, 4) is 0 Å². The molecule has 0 N–H and O–H groups in total. The van der Waals surface area contributed by atoms with Crippen molar-refractivity contribution in [1.82, 2.24) is 4.98 Å². The van der Waals surface area contributed by atoms with Crippen LogP contribution in [-0.2, 0) is 15.5 Å². The molecule has 0 aliphatic carbocycles. The Morgan fingerprint density at radius 1 is 1.50 bits per heavy atom. The fourth-order valence-corrected chi connectivity index (χ4v) is 1.58. The Morgan fingerprint density at radius 2 is 2.14 bits per heavy atom. The van der Waals surface area contributed by atoms with Gasteiger partial charge in [0.25, 0.3) is 0 Å². The zero-order valence-corrected chi connectivity index (χ0v) is 9.64. The normalized spacial score (nSPS) is 12.8. The summed E-state index contributed by atoms with van der Waals surface area (Å²) in [4.78, 5) is 3.91. The number of hydrogen-bond acceptors (Lipinski definition) is 3. The predicted molar refractivity (Wildman–Crippen MR) is 56.8 cm³/mol. The molecule has 0 bridgehead atoms. The van der Waals surface area contributed by atoms with Crippen LogP contribution in [0.1, 0.15) is 19.4 Å². The standard InChI is InChI=1S/C9H12ClNO2S/c1-9(2,14(10,12)13)6-8-4-3-5-11-7-8/h3-5,7H,6H2,1-2H3. The number of pyridine rings is 1. The van der Waals surface area contributed by atoms with Crippen molar-refractivity contribution in [3.63, 3.8) is 0 Å². The van der Waals surface area contributed by atoms with E-state index in [1.165, 1.54) is 0 Å². The molecule has 5 heteroatoms. The molecule has 0 saturated heterocycles. The summed E-state index contributed by atoms with van der Waals surface area (Å²) >= 11 is 0. The van der Waals surface area contributed by atoms with E-state index in [0.29, 0.717) is 6.42 Å². The Labute approximate surface area is 88.5 Å². The second kappa shape index (κ2) is 3.87. The van der Waals surface area contributed by atoms with Crippen LogP contribution in [0.15, 0.2) is 24.5 Å². The van der Waals surface area contributed by atoms with Gasteiger partial charge in [0, 0.05) is 23.1 Å². The average Bonchev–Trinajstić information content (AvgIpc) is 2.03. The van der Waals surface area contributed by atoms with Gasteiger partial charge in [-0.1, -0.05) is 6.07 Å². The summed E-state index contributed by atoms with van der Waals surface area (Å²) in [6.45, 7) is 3.20. The third kappa shape index (κ3) is 2.69. The van der Waals surface area contributed by atoms with Gasteiger partial charge in [0.1, 0.15) is 0 Å². The second-order valence-corrected chi connectivity index (χ2v) is 6.94. The number of rotatable bonds is 3. The molecule has 0 amide bonds. The molecule has 0 aliphatic rings. The summed E-state index contributed by atoms with van der Waals surface area (Å²) in [7, 11) is 1.77. The van der Waals surface area contributed by atoms with Gasteiger partial charge in [-0.25, -0.2) is 8.42 Å². The van der Waals surface area contributed by atoms with Gasteiger partial charge in [-0.2, -0.15) is 0 Å². The van der Waals surface area contributed by atoms with Gasteiger partial charge in [0.2, 0.25) is 9.05 Å². The number of halogens is 1. The second-order valence-electron chi connectivity index (χ2n) is 3.74. The first kappa shape index (κ1) is 11.5. The fourth-order valence-electron chi connectivity index (χ4n) is 1.08. The minimum absolute atomic E-state index is 0.368. The molecule has 78 valence electrons. The van der Waals surface area contributed by atoms with E-state index in [9.17, 15) is 8.42 Å². The van der Waals surface area contributed by atoms with Crippen molar-refractivity contribution in [1.29, 1.82) is 0 Å². The van der Waals surface area contributed by atoms with E-state index < -0.39 is 13.8 Å². The first-order valence-corrected chi connectivity index (χ1v) is 6.47. The smallest absolute Gasteiger partial charge is 0.238 e. The van der Waals surface area contributed by atoms with E-state index in [1.54, 1.807) is 32.3 Å². The van der Waals surface area contributed by atoms with Gasteiger partial charge in [0.05, 0.1) is 4.75 Å². The van der Waals surface area contributed by atoms with Crippen molar-refractivity contribution in [2.75, 3.05) is 0 Å². The van der Waals surface area contributed by atoms with Crippen molar-refractivity contribution in [3.05, 3.63) is 30.1 Å². The topological polar surface area (TPSA) is 47.0 Å². The maximum absolute atomic E-state index is 11.2. The number of hydrogen-bond donors (Lipinski definition) is 0. The molecule has 0 aliphatic heterocycles. The number of aromatic nitrogens is 1. The lowest BCUT2D eigenvalue weighted by atomic mass is 10.0. The highest BCUT2D eigenvalue weighted by atomic mass is 35.7. The molecule has 0 unspecified atom stereocenters. The van der Waals surface area contributed by atoms with Gasteiger partial charge < -0.3 is 0 Å². The van der Waals surface area contributed by atoms with E-state index >= 15 is 0 Å². The largest absolute Gasteiger partial charge is 0.264 e. The van der Waals surface area contributed by atoms with Gasteiger partial charge in [-0.15, -0.1) is 0 Å². The molecule has 1 aromatic rings. The molecule has 0 atom stereocenters. The molecule has 1 aromatic heterocycles. The fraction of sp³-hybridized carbons (Fsp3) is 0.444. The Bertz CT molecular complexity index is 400. The van der Waals surface area contributed by atoms with Crippen molar-refractivity contribution >= 4 is 19.7 Å². The van der Waals surface area contributed by atoms with Crippen molar-refractivity contribution in [2.45, 2.75) is 25.0 Å². The molecule has 0 aromatic carbocycles. The Morgan fingerprint density at radius 3 is 2.57 bits per heavy atom. The molecule has 0 spiro atoms. The monoisotopic (exact) mass is 233 g/mol. The quantitative estimate of drug-likeness (QED) is 0.750. The van der Waals surface area contributed by atoms with Crippen LogP contribution in [0.25, 0.3) is 0 Å². The minimum Gasteiger partial charge on any atom is -0.264 e. The third-order valence-corrected chi connectivity index (χ3v) is 4.73. The number of nitrogens with zero attached hydrogens (tertiary/aromatic N) is 1. The highest BCUT2D eigenvalue weighted by Crippen LogP contribution is 2.24. The summed E-state index contributed by atoms with van der Waals surface area (Å²) in [6.07, 6.45) is 3.65. The van der Waals surface area contributed by atoms with E-state index in [-0.39, 0.29) is 0 Å². The summed E-state index contributed by atoms with van der Waals surface area (Å²) in [5, 5.41) is 0. The van der Waals surface area contributed by atoms with E-state index in [2.05, 4.69) is 4.98 Å². The van der Waals surface area contributed by atoms with Crippen LogP contribution < -0.4 is 0 Å². The van der Waals surface area contributed by atoms with Gasteiger partial charge in [-0.3, -0.25) is 4.98 Å². The SMILES string of the molecule is CC(C)(Cc1cccnc1)S(=O)(=O)Cl. The van der Waals surface area contributed by atoms with Gasteiger partial charge in [0.15, 0.2) is 0 Å². The zero-order chi connectivity index (χ0) is 10.8. The molecule has 1 rings (SSSR count). The van der Waals surface area contributed by atoms with Crippen LogP contribution in [0.3, 0.4) is 0 Å². The lowest BCUT2D eigenvalue weighted by Crippen LogP contribution is -2.30. The molecular weight excluding hydrogens is 222 g/mol. The maximum Gasteiger partial charge on any atom is 0.238 e. The molecule has 0 saturated carbocycles. The van der Waals surface area contributed by atoms with Crippen molar-refractivity contribution < 1.29 is 8.42 Å². The first-order chi connectivity index (χ1) is 6.33. The van der Waals surface area contributed by atoms with Crippen LogP contribution in [0, 0.1) is 0 Å². The van der Waals surface area contributed by atoms with Gasteiger partial charge >= 0.3 is 0 Å². The highest BCUT2D eigenvalue weighted by molar-refractivity contribution is 8.14. The molecule has 3 nitrogen and oxygen atoms in total. The van der Waals surface area contributed by atoms with E-state index in [0.717, 1.165) is 5.56 Å². The lowest BCUT2D eigenvalue weighted by molar-refractivity contribution is 0.558. The summed E-state index contributed by atoms with van der Waals surface area (Å²) < 4.78 is 21.4. The average molecular weight is 234 g/mol. The Balaban J connectivity index is 2.90. The molecule has 0 radical (unpaired) electrons. The third-order valence-electron chi connectivity index (χ3n) is 2.01. The zero-order valence-electron chi connectivity index (χ0n) is 8.07.